The Balaban J connectivity index is 2.04. The van der Waals surface area contributed by atoms with E-state index < -0.39 is 10.0 Å². The number of H-pyrrole nitrogens is 1. The van der Waals surface area contributed by atoms with Crippen molar-refractivity contribution in [3.05, 3.63) is 59.6 Å². The first-order valence-electron chi connectivity index (χ1n) is 8.01. The average molecular weight is 383 g/mol. The van der Waals surface area contributed by atoms with E-state index in [-0.39, 0.29) is 4.90 Å². The Kier molecular flexibility index (Phi) is 4.14. The molecular formula is C19H17N3O2S2. The number of rotatable bonds is 4. The molecule has 1 aromatic carbocycles. The second kappa shape index (κ2) is 6.35. The molecule has 0 saturated heterocycles. The van der Waals surface area contributed by atoms with Crippen molar-refractivity contribution < 1.29 is 8.42 Å². The van der Waals surface area contributed by atoms with Crippen LogP contribution < -0.4 is 0 Å². The summed E-state index contributed by atoms with van der Waals surface area (Å²) in [6.07, 6.45) is 3.59. The maximum absolute atomic E-state index is 12.8. The Hall–Kier alpha value is -2.48. The zero-order chi connectivity index (χ0) is 18.3. The highest BCUT2D eigenvalue weighted by Crippen LogP contribution is 2.38. The van der Waals surface area contributed by atoms with E-state index in [4.69, 9.17) is 0 Å². The molecule has 132 valence electrons. The Morgan fingerprint density at radius 1 is 1.04 bits per heavy atom. The molecule has 0 saturated carbocycles. The fraction of sp³-hybridized carbons (Fsp3) is 0.105. The van der Waals surface area contributed by atoms with Gasteiger partial charge in [0.2, 0.25) is 10.0 Å². The molecule has 0 fully saturated rings. The van der Waals surface area contributed by atoms with E-state index in [0.717, 1.165) is 27.7 Å². The summed E-state index contributed by atoms with van der Waals surface area (Å²) in [7, 11) is -0.485. The fourth-order valence-electron chi connectivity index (χ4n) is 3.04. The molecule has 1 N–H and O–H groups in total. The predicted octanol–water partition coefficient (Wildman–Crippen LogP) is 4.21. The third-order valence-electron chi connectivity index (χ3n) is 4.34. The zero-order valence-corrected chi connectivity index (χ0v) is 15.9. The van der Waals surface area contributed by atoms with Crippen molar-refractivity contribution in [2.45, 2.75) is 4.90 Å². The molecule has 0 unspecified atom stereocenters. The van der Waals surface area contributed by atoms with Crippen molar-refractivity contribution in [1.82, 2.24) is 14.3 Å². The lowest BCUT2D eigenvalue weighted by Gasteiger charge is -2.15. The number of nitrogens with one attached hydrogen (secondary N) is 1. The minimum Gasteiger partial charge on any atom is -0.345 e. The molecule has 7 heteroatoms. The van der Waals surface area contributed by atoms with Gasteiger partial charge in [-0.25, -0.2) is 17.7 Å². The summed E-state index contributed by atoms with van der Waals surface area (Å²) in [5.41, 5.74) is 4.36. The van der Waals surface area contributed by atoms with Gasteiger partial charge in [-0.05, 0) is 40.1 Å². The molecule has 3 aromatic heterocycles. The Labute approximate surface area is 156 Å². The lowest BCUT2D eigenvalue weighted by Crippen LogP contribution is -2.22. The minimum absolute atomic E-state index is 0.283. The van der Waals surface area contributed by atoms with Crippen LogP contribution in [0.5, 0.6) is 0 Å². The number of sulfonamides is 1. The van der Waals surface area contributed by atoms with Crippen molar-refractivity contribution in [2.75, 3.05) is 14.1 Å². The van der Waals surface area contributed by atoms with Crippen LogP contribution in [0.3, 0.4) is 0 Å². The summed E-state index contributed by atoms with van der Waals surface area (Å²) in [4.78, 5) is 7.88. The van der Waals surface area contributed by atoms with Crippen LogP contribution >= 0.6 is 11.3 Å². The standard InChI is InChI=1S/C19H17N3O2S2/c1-22(2)26(23,24)17-6-4-3-5-15(17)16-11-21-19-18(16)14(7-9-20-19)13-8-10-25-12-13/h3-12H,1-2H3,(H,20,21). The quantitative estimate of drug-likeness (QED) is 0.574. The van der Waals surface area contributed by atoms with Crippen LogP contribution in [0.1, 0.15) is 0 Å². The monoisotopic (exact) mass is 383 g/mol. The van der Waals surface area contributed by atoms with Crippen molar-refractivity contribution >= 4 is 32.4 Å². The van der Waals surface area contributed by atoms with Gasteiger partial charge in [-0.3, -0.25) is 0 Å². The molecule has 4 aromatic rings. The van der Waals surface area contributed by atoms with Gasteiger partial charge in [-0.1, -0.05) is 18.2 Å². The number of hydrogen-bond donors (Lipinski definition) is 1. The maximum atomic E-state index is 12.8. The normalized spacial score (nSPS) is 12.1. The van der Waals surface area contributed by atoms with Crippen molar-refractivity contribution in [3.8, 4) is 22.3 Å². The van der Waals surface area contributed by atoms with Gasteiger partial charge in [-0.2, -0.15) is 11.3 Å². The van der Waals surface area contributed by atoms with Crippen LogP contribution in [-0.2, 0) is 10.0 Å². The van der Waals surface area contributed by atoms with Gasteiger partial charge in [0.1, 0.15) is 5.65 Å². The van der Waals surface area contributed by atoms with Crippen LogP contribution in [0.25, 0.3) is 33.3 Å². The highest BCUT2D eigenvalue weighted by Gasteiger charge is 2.23. The van der Waals surface area contributed by atoms with E-state index in [1.807, 2.05) is 29.8 Å². The van der Waals surface area contributed by atoms with Gasteiger partial charge in [0, 0.05) is 43.0 Å². The molecule has 0 amide bonds. The van der Waals surface area contributed by atoms with Crippen LogP contribution in [0.15, 0.2) is 64.4 Å². The number of aromatic amines is 1. The summed E-state index contributed by atoms with van der Waals surface area (Å²) in [5, 5.41) is 5.03. The number of pyridine rings is 1. The van der Waals surface area contributed by atoms with E-state index in [2.05, 4.69) is 21.4 Å². The number of hydrogen-bond acceptors (Lipinski definition) is 4. The molecule has 4 rings (SSSR count). The van der Waals surface area contributed by atoms with Gasteiger partial charge in [0.15, 0.2) is 0 Å². The Morgan fingerprint density at radius 2 is 1.85 bits per heavy atom. The number of nitrogens with zero attached hydrogens (tertiary/aromatic N) is 2. The summed E-state index contributed by atoms with van der Waals surface area (Å²) >= 11 is 1.63. The zero-order valence-electron chi connectivity index (χ0n) is 14.3. The van der Waals surface area contributed by atoms with Gasteiger partial charge < -0.3 is 4.98 Å². The van der Waals surface area contributed by atoms with E-state index in [1.54, 1.807) is 43.8 Å². The van der Waals surface area contributed by atoms with Crippen LogP contribution in [-0.4, -0.2) is 36.8 Å². The summed E-state index contributed by atoms with van der Waals surface area (Å²) in [6, 6.07) is 11.1. The van der Waals surface area contributed by atoms with Gasteiger partial charge in [0.25, 0.3) is 0 Å². The highest BCUT2D eigenvalue weighted by molar-refractivity contribution is 7.89. The summed E-state index contributed by atoms with van der Waals surface area (Å²) < 4.78 is 26.8. The molecule has 0 radical (unpaired) electrons. The predicted molar refractivity (Wildman–Crippen MR) is 106 cm³/mol. The molecule has 5 nitrogen and oxygen atoms in total. The van der Waals surface area contributed by atoms with Crippen LogP contribution in [0.2, 0.25) is 0 Å². The topological polar surface area (TPSA) is 66.1 Å². The smallest absolute Gasteiger partial charge is 0.243 e. The van der Waals surface area contributed by atoms with Crippen molar-refractivity contribution in [3.63, 3.8) is 0 Å². The summed E-state index contributed by atoms with van der Waals surface area (Å²) in [6.45, 7) is 0. The first-order chi connectivity index (χ1) is 12.5. The van der Waals surface area contributed by atoms with E-state index >= 15 is 0 Å². The van der Waals surface area contributed by atoms with E-state index in [1.165, 1.54) is 4.31 Å². The van der Waals surface area contributed by atoms with E-state index in [9.17, 15) is 8.42 Å². The van der Waals surface area contributed by atoms with Gasteiger partial charge >= 0.3 is 0 Å². The molecule has 26 heavy (non-hydrogen) atoms. The number of aromatic nitrogens is 2. The highest BCUT2D eigenvalue weighted by atomic mass is 32.2. The largest absolute Gasteiger partial charge is 0.345 e. The molecule has 0 bridgehead atoms. The molecule has 3 heterocycles. The van der Waals surface area contributed by atoms with Crippen molar-refractivity contribution in [2.24, 2.45) is 0 Å². The Bertz CT molecular complexity index is 1180. The minimum atomic E-state index is -3.57. The second-order valence-electron chi connectivity index (χ2n) is 6.08. The Morgan fingerprint density at radius 3 is 2.58 bits per heavy atom. The molecule has 0 atom stereocenters. The molecular weight excluding hydrogens is 366 g/mol. The summed E-state index contributed by atoms with van der Waals surface area (Å²) in [5.74, 6) is 0. The number of thiophene rings is 1. The SMILES string of the molecule is CN(C)S(=O)(=O)c1ccccc1-c1c[nH]c2nccc(-c3ccsc3)c12. The molecule has 0 aliphatic rings. The van der Waals surface area contributed by atoms with E-state index in [0.29, 0.717) is 5.56 Å². The fourth-order valence-corrected chi connectivity index (χ4v) is 4.79. The maximum Gasteiger partial charge on any atom is 0.243 e. The van der Waals surface area contributed by atoms with Crippen LogP contribution in [0.4, 0.5) is 0 Å². The third-order valence-corrected chi connectivity index (χ3v) is 6.90. The number of benzene rings is 1. The number of fused-ring (bicyclic) bond motifs is 1. The van der Waals surface area contributed by atoms with Crippen molar-refractivity contribution in [1.29, 1.82) is 0 Å². The third kappa shape index (κ3) is 2.65. The first-order valence-corrected chi connectivity index (χ1v) is 10.4. The average Bonchev–Trinajstić information content (AvgIpc) is 3.31. The van der Waals surface area contributed by atoms with Gasteiger partial charge in [-0.15, -0.1) is 0 Å². The van der Waals surface area contributed by atoms with Crippen LogP contribution in [0, 0.1) is 0 Å². The van der Waals surface area contributed by atoms with Gasteiger partial charge in [0.05, 0.1) is 4.90 Å². The lowest BCUT2D eigenvalue weighted by molar-refractivity contribution is 0.521. The molecule has 0 aliphatic carbocycles. The first kappa shape index (κ1) is 17.0. The molecule has 0 spiro atoms. The lowest BCUT2D eigenvalue weighted by atomic mass is 9.99. The second-order valence-corrected chi connectivity index (χ2v) is 8.98. The molecule has 0 aliphatic heterocycles.